The lowest BCUT2D eigenvalue weighted by molar-refractivity contribution is -0.137. The molecule has 7 heteroatoms. The monoisotopic (exact) mass is 492 g/mol. The van der Waals surface area contributed by atoms with Gasteiger partial charge in [-0.2, -0.15) is 5.10 Å². The van der Waals surface area contributed by atoms with E-state index in [1.807, 2.05) is 42.5 Å². The van der Waals surface area contributed by atoms with E-state index in [4.69, 9.17) is 26.5 Å². The molecule has 0 atom stereocenters. The molecule has 4 aromatic rings. The van der Waals surface area contributed by atoms with E-state index in [2.05, 4.69) is 26.0 Å². The number of ether oxygens (including phenoxy) is 1. The largest absolute Gasteiger partial charge is 0.493 e. The van der Waals surface area contributed by atoms with Crippen LogP contribution in [0.2, 0.25) is 5.02 Å². The number of hydrogen-bond donors (Lipinski definition) is 1. The van der Waals surface area contributed by atoms with Crippen molar-refractivity contribution in [3.05, 3.63) is 89.2 Å². The smallest absolute Gasteiger partial charge is 0.303 e. The Bertz CT molecular complexity index is 1330. The van der Waals surface area contributed by atoms with Crippen LogP contribution in [-0.2, 0) is 4.79 Å². The van der Waals surface area contributed by atoms with Gasteiger partial charge in [0, 0.05) is 22.6 Å². The molecular formula is C28H26ClFN2O3. The molecule has 0 radical (unpaired) electrons. The maximum Gasteiger partial charge on any atom is 0.303 e. The lowest BCUT2D eigenvalue weighted by atomic mass is 10.0. The molecule has 0 bridgehead atoms. The summed E-state index contributed by atoms with van der Waals surface area (Å²) in [6.45, 7) is 4.47. The lowest BCUT2D eigenvalue weighted by Gasteiger charge is -2.11. The molecule has 0 saturated carbocycles. The minimum Gasteiger partial charge on any atom is -0.493 e. The molecule has 0 unspecified atom stereocenters. The number of rotatable bonds is 9. The van der Waals surface area contributed by atoms with E-state index in [0.29, 0.717) is 34.4 Å². The number of carbonyl (C=O) groups is 1. The number of halogens is 2. The number of nitrogens with zero attached hydrogens (tertiary/aromatic N) is 2. The van der Waals surface area contributed by atoms with E-state index >= 15 is 0 Å². The van der Waals surface area contributed by atoms with E-state index in [0.717, 1.165) is 16.9 Å². The van der Waals surface area contributed by atoms with Crippen LogP contribution in [0.15, 0.2) is 72.8 Å². The van der Waals surface area contributed by atoms with Crippen LogP contribution in [0.4, 0.5) is 4.39 Å². The summed E-state index contributed by atoms with van der Waals surface area (Å²) in [5, 5.41) is 14.3. The Hall–Kier alpha value is -3.64. The summed E-state index contributed by atoms with van der Waals surface area (Å²) in [6.07, 6.45) is 0.335. The summed E-state index contributed by atoms with van der Waals surface area (Å²) in [7, 11) is 0. The second-order valence-electron chi connectivity index (χ2n) is 8.54. The Morgan fingerprint density at radius 3 is 2.49 bits per heavy atom. The van der Waals surface area contributed by atoms with Crippen molar-refractivity contribution < 1.29 is 19.0 Å². The van der Waals surface area contributed by atoms with E-state index < -0.39 is 11.8 Å². The van der Waals surface area contributed by atoms with Gasteiger partial charge < -0.3 is 9.84 Å². The van der Waals surface area contributed by atoms with Crippen molar-refractivity contribution in [1.82, 2.24) is 9.78 Å². The first-order chi connectivity index (χ1) is 16.8. The van der Waals surface area contributed by atoms with Crippen molar-refractivity contribution in [3.8, 4) is 34.0 Å². The zero-order valence-corrected chi connectivity index (χ0v) is 20.3. The zero-order valence-electron chi connectivity index (χ0n) is 19.5. The van der Waals surface area contributed by atoms with Crippen molar-refractivity contribution in [2.75, 3.05) is 6.61 Å². The van der Waals surface area contributed by atoms with Gasteiger partial charge in [-0.15, -0.1) is 0 Å². The topological polar surface area (TPSA) is 64.4 Å². The average Bonchev–Trinajstić information content (AvgIpc) is 3.28. The Labute approximate surface area is 208 Å². The molecule has 4 rings (SSSR count). The first-order valence-corrected chi connectivity index (χ1v) is 11.8. The number of carboxylic acid groups (broad SMARTS) is 1. The maximum atomic E-state index is 14.3. The highest BCUT2D eigenvalue weighted by Crippen LogP contribution is 2.36. The van der Waals surface area contributed by atoms with E-state index in [-0.39, 0.29) is 13.0 Å². The minimum absolute atomic E-state index is 0.00577. The first-order valence-electron chi connectivity index (χ1n) is 11.4. The van der Waals surface area contributed by atoms with Gasteiger partial charge in [0.05, 0.1) is 23.7 Å². The van der Waals surface area contributed by atoms with E-state index in [1.165, 1.54) is 23.8 Å². The summed E-state index contributed by atoms with van der Waals surface area (Å²) in [4.78, 5) is 10.8. The van der Waals surface area contributed by atoms with Crippen LogP contribution in [-0.4, -0.2) is 27.5 Å². The Morgan fingerprint density at radius 2 is 1.80 bits per heavy atom. The van der Waals surface area contributed by atoms with Crippen LogP contribution in [0.5, 0.6) is 5.75 Å². The van der Waals surface area contributed by atoms with Gasteiger partial charge in [-0.3, -0.25) is 4.79 Å². The molecule has 35 heavy (non-hydrogen) atoms. The summed E-state index contributed by atoms with van der Waals surface area (Å²) in [5.74, 6) is -0.483. The van der Waals surface area contributed by atoms with Crippen molar-refractivity contribution >= 4 is 17.6 Å². The van der Waals surface area contributed by atoms with Gasteiger partial charge in [-0.05, 0) is 60.4 Å². The Morgan fingerprint density at radius 1 is 1.06 bits per heavy atom. The SMILES string of the molecule is CC(C)c1ccc(-n2nc(-c3cc(F)ccc3OCCCC(=O)O)cc2-c2ccccc2Cl)cc1. The standard InChI is InChI=1S/C28H26ClFN2O3/c1-18(2)19-9-12-21(13-10-19)32-26(22-6-3-4-7-24(22)29)17-25(31-32)23-16-20(30)11-14-27(23)35-15-5-8-28(33)34/h3-4,6-7,9-14,16-18H,5,8,15H2,1-2H3,(H,33,34). The van der Waals surface area contributed by atoms with Crippen LogP contribution in [0.25, 0.3) is 28.2 Å². The molecule has 3 aromatic carbocycles. The van der Waals surface area contributed by atoms with Gasteiger partial charge >= 0.3 is 5.97 Å². The predicted molar refractivity (Wildman–Crippen MR) is 136 cm³/mol. The molecule has 5 nitrogen and oxygen atoms in total. The Balaban J connectivity index is 1.80. The number of aromatic nitrogens is 2. The number of carboxylic acids is 1. The van der Waals surface area contributed by atoms with Gasteiger partial charge in [-0.25, -0.2) is 9.07 Å². The fourth-order valence-corrected chi connectivity index (χ4v) is 4.04. The number of aliphatic carboxylic acids is 1. The quantitative estimate of drug-likeness (QED) is 0.248. The zero-order chi connectivity index (χ0) is 24.9. The third-order valence-corrected chi connectivity index (χ3v) is 6.00. The van der Waals surface area contributed by atoms with Gasteiger partial charge in [0.25, 0.3) is 0 Å². The summed E-state index contributed by atoms with van der Waals surface area (Å²) in [5.41, 5.74) is 4.59. The van der Waals surface area contributed by atoms with Crippen LogP contribution >= 0.6 is 11.6 Å². The number of benzene rings is 3. The summed E-state index contributed by atoms with van der Waals surface area (Å²) >= 11 is 6.53. The highest BCUT2D eigenvalue weighted by atomic mass is 35.5. The Kier molecular flexibility index (Phi) is 7.51. The fourth-order valence-electron chi connectivity index (χ4n) is 3.80. The molecule has 1 heterocycles. The highest BCUT2D eigenvalue weighted by Gasteiger charge is 2.18. The fraction of sp³-hybridized carbons (Fsp3) is 0.214. The third-order valence-electron chi connectivity index (χ3n) is 5.67. The summed E-state index contributed by atoms with van der Waals surface area (Å²) in [6, 6.07) is 21.7. The van der Waals surface area contributed by atoms with Gasteiger partial charge in [-0.1, -0.05) is 55.8 Å². The second-order valence-corrected chi connectivity index (χ2v) is 8.95. The molecule has 1 aromatic heterocycles. The minimum atomic E-state index is -0.889. The van der Waals surface area contributed by atoms with Crippen LogP contribution in [0.1, 0.15) is 38.2 Å². The molecule has 0 aliphatic rings. The number of hydrogen-bond acceptors (Lipinski definition) is 3. The van der Waals surface area contributed by atoms with E-state index in [1.54, 1.807) is 4.68 Å². The highest BCUT2D eigenvalue weighted by molar-refractivity contribution is 6.33. The van der Waals surface area contributed by atoms with E-state index in [9.17, 15) is 9.18 Å². The van der Waals surface area contributed by atoms with Crippen LogP contribution in [0.3, 0.4) is 0 Å². The molecular weight excluding hydrogens is 467 g/mol. The first kappa shape index (κ1) is 24.5. The van der Waals surface area contributed by atoms with Crippen LogP contribution in [0, 0.1) is 5.82 Å². The average molecular weight is 493 g/mol. The molecule has 0 aliphatic carbocycles. The molecule has 1 N–H and O–H groups in total. The van der Waals surface area contributed by atoms with Crippen molar-refractivity contribution in [3.63, 3.8) is 0 Å². The molecule has 0 fully saturated rings. The van der Waals surface area contributed by atoms with Crippen LogP contribution < -0.4 is 4.74 Å². The molecule has 0 spiro atoms. The normalized spacial score (nSPS) is 11.1. The molecule has 0 amide bonds. The second kappa shape index (κ2) is 10.7. The van der Waals surface area contributed by atoms with Crippen molar-refractivity contribution in [1.29, 1.82) is 0 Å². The van der Waals surface area contributed by atoms with Gasteiger partial charge in [0.1, 0.15) is 11.6 Å². The van der Waals surface area contributed by atoms with Gasteiger partial charge in [0.2, 0.25) is 0 Å². The molecule has 0 aliphatic heterocycles. The maximum absolute atomic E-state index is 14.3. The van der Waals surface area contributed by atoms with Crippen molar-refractivity contribution in [2.24, 2.45) is 0 Å². The third kappa shape index (κ3) is 5.72. The van der Waals surface area contributed by atoms with Gasteiger partial charge in [0.15, 0.2) is 0 Å². The summed E-state index contributed by atoms with van der Waals surface area (Å²) < 4.78 is 21.9. The lowest BCUT2D eigenvalue weighted by Crippen LogP contribution is -2.03. The van der Waals surface area contributed by atoms with Crippen molar-refractivity contribution in [2.45, 2.75) is 32.6 Å². The molecule has 180 valence electrons. The predicted octanol–water partition coefficient (Wildman–Crippen LogP) is 7.37. The molecule has 0 saturated heterocycles.